The van der Waals surface area contributed by atoms with E-state index in [-0.39, 0.29) is 17.2 Å². The molecule has 2 N–H and O–H groups in total. The van der Waals surface area contributed by atoms with Crippen LogP contribution in [0.5, 0.6) is 0 Å². The Morgan fingerprint density at radius 2 is 2.20 bits per heavy atom. The fourth-order valence-corrected chi connectivity index (χ4v) is 3.15. The number of nitrogens with one attached hydrogen (secondary N) is 2. The van der Waals surface area contributed by atoms with Gasteiger partial charge in [0.05, 0.1) is 0 Å². The zero-order chi connectivity index (χ0) is 13.7. The van der Waals surface area contributed by atoms with Crippen LogP contribution in [0.3, 0.4) is 0 Å². The number of aromatic amines is 1. The number of carbonyl (C=O) groups is 1. The number of carbonyl (C=O) groups excluding carboxylic acids is 1. The predicted molar refractivity (Wildman–Crippen MR) is 80.0 cm³/mol. The number of aromatic nitrogens is 1. The lowest BCUT2D eigenvalue weighted by Crippen LogP contribution is -2.33. The minimum atomic E-state index is 0.136. The van der Waals surface area contributed by atoms with Crippen LogP contribution in [-0.4, -0.2) is 17.4 Å². The molecule has 0 spiro atoms. The van der Waals surface area contributed by atoms with Crippen LogP contribution in [0.15, 0.2) is 24.4 Å². The molecule has 1 heterocycles. The lowest BCUT2D eigenvalue weighted by Gasteiger charge is -2.15. The maximum Gasteiger partial charge on any atom is 0.223 e. The molecule has 2 aromatic rings. The van der Waals surface area contributed by atoms with E-state index in [2.05, 4.69) is 22.6 Å². The number of amides is 1. The van der Waals surface area contributed by atoms with Crippen molar-refractivity contribution in [1.29, 1.82) is 0 Å². The van der Waals surface area contributed by atoms with Gasteiger partial charge >= 0.3 is 0 Å². The molecule has 104 valence electrons. The van der Waals surface area contributed by atoms with E-state index in [4.69, 9.17) is 11.6 Å². The summed E-state index contributed by atoms with van der Waals surface area (Å²) in [4.78, 5) is 15.1. The summed E-state index contributed by atoms with van der Waals surface area (Å²) in [7, 11) is 0. The van der Waals surface area contributed by atoms with Crippen molar-refractivity contribution >= 4 is 28.4 Å². The maximum atomic E-state index is 11.8. The molecule has 2 saturated carbocycles. The summed E-state index contributed by atoms with van der Waals surface area (Å²) in [5, 5.41) is 5.11. The Morgan fingerprint density at radius 3 is 2.90 bits per heavy atom. The summed E-state index contributed by atoms with van der Waals surface area (Å²) in [6, 6.07) is 5.96. The molecule has 0 aliphatic heterocycles. The van der Waals surface area contributed by atoms with Crippen molar-refractivity contribution in [3.8, 4) is 0 Å². The van der Waals surface area contributed by atoms with Crippen LogP contribution in [0.1, 0.15) is 31.2 Å². The van der Waals surface area contributed by atoms with E-state index in [0.717, 1.165) is 42.8 Å². The Hall–Kier alpha value is -1.48. The van der Waals surface area contributed by atoms with Gasteiger partial charge in [-0.1, -0.05) is 17.7 Å². The molecule has 3 nitrogen and oxygen atoms in total. The van der Waals surface area contributed by atoms with Crippen LogP contribution >= 0.6 is 11.6 Å². The van der Waals surface area contributed by atoms with Crippen molar-refractivity contribution in [1.82, 2.24) is 10.3 Å². The molecule has 1 aromatic carbocycles. The predicted octanol–water partition coefficient (Wildman–Crippen LogP) is 3.38. The number of rotatable bonds is 4. The highest BCUT2D eigenvalue weighted by Crippen LogP contribution is 2.50. The normalized spacial score (nSPS) is 20.1. The van der Waals surface area contributed by atoms with Gasteiger partial charge in [-0.3, -0.25) is 4.79 Å². The minimum Gasteiger partial charge on any atom is -0.361 e. The largest absolute Gasteiger partial charge is 0.361 e. The van der Waals surface area contributed by atoms with E-state index in [9.17, 15) is 4.79 Å². The van der Waals surface area contributed by atoms with E-state index < -0.39 is 0 Å². The van der Waals surface area contributed by atoms with E-state index >= 15 is 0 Å². The quantitative estimate of drug-likeness (QED) is 0.890. The molecule has 0 saturated heterocycles. The maximum absolute atomic E-state index is 11.8. The van der Waals surface area contributed by atoms with Crippen molar-refractivity contribution < 1.29 is 4.79 Å². The number of H-pyrrole nitrogens is 1. The molecule has 1 amide bonds. The van der Waals surface area contributed by atoms with Gasteiger partial charge in [0.1, 0.15) is 0 Å². The number of benzene rings is 1. The first-order chi connectivity index (χ1) is 9.68. The molecule has 0 bridgehead atoms. The summed E-state index contributed by atoms with van der Waals surface area (Å²) in [6.07, 6.45) is 6.49. The zero-order valence-electron chi connectivity index (χ0n) is 11.2. The van der Waals surface area contributed by atoms with Gasteiger partial charge in [0.25, 0.3) is 0 Å². The second kappa shape index (κ2) is 4.26. The Bertz CT molecular complexity index is 683. The van der Waals surface area contributed by atoms with Crippen molar-refractivity contribution in [3.05, 3.63) is 35.0 Å². The molecule has 2 fully saturated rings. The topological polar surface area (TPSA) is 44.9 Å². The van der Waals surface area contributed by atoms with Gasteiger partial charge < -0.3 is 10.3 Å². The Kier molecular flexibility index (Phi) is 2.61. The van der Waals surface area contributed by atoms with Gasteiger partial charge in [-0.15, -0.1) is 0 Å². The standard InChI is InChI=1S/C16H17ClN2O/c17-11-3-4-12-13(8-18-14(12)7-11)16(5-6-16)9-19-15(20)10-1-2-10/h3-4,7-8,10,18H,1-2,5-6,9H2,(H,19,20). The van der Waals surface area contributed by atoms with Crippen LogP contribution < -0.4 is 5.32 Å². The second-order valence-electron chi connectivity index (χ2n) is 6.16. The van der Waals surface area contributed by atoms with Gasteiger partial charge in [0, 0.05) is 40.0 Å². The van der Waals surface area contributed by atoms with Gasteiger partial charge in [0.15, 0.2) is 0 Å². The van der Waals surface area contributed by atoms with Crippen LogP contribution in [0.2, 0.25) is 5.02 Å². The van der Waals surface area contributed by atoms with Gasteiger partial charge in [-0.05, 0) is 43.4 Å². The lowest BCUT2D eigenvalue weighted by atomic mass is 9.95. The molecule has 1 aromatic heterocycles. The van der Waals surface area contributed by atoms with Gasteiger partial charge in [0.2, 0.25) is 5.91 Å². The first kappa shape index (κ1) is 12.3. The van der Waals surface area contributed by atoms with Crippen LogP contribution in [-0.2, 0) is 10.2 Å². The first-order valence-corrected chi connectivity index (χ1v) is 7.61. The number of hydrogen-bond acceptors (Lipinski definition) is 1. The van der Waals surface area contributed by atoms with Crippen LogP contribution in [0.4, 0.5) is 0 Å². The van der Waals surface area contributed by atoms with E-state index in [0.29, 0.717) is 0 Å². The second-order valence-corrected chi connectivity index (χ2v) is 6.60. The SMILES string of the molecule is O=C(NCC1(c2c[nH]c3cc(Cl)ccc23)CC1)C1CC1. The first-order valence-electron chi connectivity index (χ1n) is 7.23. The van der Waals surface area contributed by atoms with Crippen LogP contribution in [0, 0.1) is 5.92 Å². The van der Waals surface area contributed by atoms with Crippen molar-refractivity contribution in [2.45, 2.75) is 31.1 Å². The molecular formula is C16H17ClN2O. The molecule has 2 aliphatic carbocycles. The van der Waals surface area contributed by atoms with Crippen molar-refractivity contribution in [3.63, 3.8) is 0 Å². The molecule has 20 heavy (non-hydrogen) atoms. The van der Waals surface area contributed by atoms with Crippen molar-refractivity contribution in [2.24, 2.45) is 5.92 Å². The monoisotopic (exact) mass is 288 g/mol. The molecule has 0 atom stereocenters. The van der Waals surface area contributed by atoms with E-state index in [1.165, 1.54) is 10.9 Å². The van der Waals surface area contributed by atoms with Crippen molar-refractivity contribution in [2.75, 3.05) is 6.54 Å². The summed E-state index contributed by atoms with van der Waals surface area (Å²) in [5.41, 5.74) is 2.53. The summed E-state index contributed by atoms with van der Waals surface area (Å²) in [5.74, 6) is 0.520. The third-order valence-electron chi connectivity index (χ3n) is 4.62. The zero-order valence-corrected chi connectivity index (χ0v) is 12.0. The molecule has 0 unspecified atom stereocenters. The highest BCUT2D eigenvalue weighted by molar-refractivity contribution is 6.31. The Morgan fingerprint density at radius 1 is 1.40 bits per heavy atom. The molecule has 4 rings (SSSR count). The fraction of sp³-hybridized carbons (Fsp3) is 0.438. The van der Waals surface area contributed by atoms with Gasteiger partial charge in [-0.25, -0.2) is 0 Å². The smallest absolute Gasteiger partial charge is 0.223 e. The summed E-state index contributed by atoms with van der Waals surface area (Å²) in [6.45, 7) is 0.762. The third kappa shape index (κ3) is 2.01. The van der Waals surface area contributed by atoms with Gasteiger partial charge in [-0.2, -0.15) is 0 Å². The lowest BCUT2D eigenvalue weighted by molar-refractivity contribution is -0.122. The average Bonchev–Trinajstić information content (AvgIpc) is 3.35. The number of halogens is 1. The molecular weight excluding hydrogens is 272 g/mol. The third-order valence-corrected chi connectivity index (χ3v) is 4.85. The Labute approximate surface area is 122 Å². The van der Waals surface area contributed by atoms with E-state index in [1.54, 1.807) is 0 Å². The fourth-order valence-electron chi connectivity index (χ4n) is 2.98. The van der Waals surface area contributed by atoms with E-state index in [1.807, 2.05) is 12.1 Å². The average molecular weight is 289 g/mol. The highest BCUT2D eigenvalue weighted by Gasteiger charge is 2.46. The highest BCUT2D eigenvalue weighted by atomic mass is 35.5. The number of hydrogen-bond donors (Lipinski definition) is 2. The van der Waals surface area contributed by atoms with Crippen LogP contribution in [0.25, 0.3) is 10.9 Å². The Balaban J connectivity index is 1.59. The minimum absolute atomic E-state index is 0.136. The summed E-state index contributed by atoms with van der Waals surface area (Å²) < 4.78 is 0. The molecule has 0 radical (unpaired) electrons. The molecule has 4 heteroatoms. The molecule has 2 aliphatic rings. The summed E-state index contributed by atoms with van der Waals surface area (Å²) >= 11 is 6.03. The number of fused-ring (bicyclic) bond motifs is 1.